The van der Waals surface area contributed by atoms with Crippen molar-refractivity contribution in [2.45, 2.75) is 50.7 Å². The van der Waals surface area contributed by atoms with Gasteiger partial charge in [-0.3, -0.25) is 19.2 Å². The third-order valence-corrected chi connectivity index (χ3v) is 8.44. The molecule has 0 bridgehead atoms. The fourth-order valence-corrected chi connectivity index (χ4v) is 6.09. The molecule has 4 amide bonds. The standard InChI is InChI=1S/C32H30F6N4O5/c1-18(29(45)41-11-9-40(10-12-41)19(2)43)42-27(20-14-21(31(33,34)35)16-22(15-20)32(36,37)38)26(24-7-3-4-8-25(24)30(42)46)28(44)39-17-23-6-5-13-47-23/h3-8,13-16,18,26-27H,9-12,17H2,1-2H3,(H,39,44). The first-order valence-corrected chi connectivity index (χ1v) is 14.6. The lowest BCUT2D eigenvalue weighted by atomic mass is 9.77. The molecule has 3 unspecified atom stereocenters. The van der Waals surface area contributed by atoms with Crippen molar-refractivity contribution in [3.8, 4) is 0 Å². The first-order valence-electron chi connectivity index (χ1n) is 14.6. The van der Waals surface area contributed by atoms with Gasteiger partial charge in [0.25, 0.3) is 5.91 Å². The van der Waals surface area contributed by atoms with Gasteiger partial charge in [0, 0.05) is 38.7 Å². The normalized spacial score (nSPS) is 19.3. The molecule has 0 saturated carbocycles. The Morgan fingerprint density at radius 2 is 1.49 bits per heavy atom. The summed E-state index contributed by atoms with van der Waals surface area (Å²) in [5, 5.41) is 2.62. The predicted octanol–water partition coefficient (Wildman–Crippen LogP) is 4.99. The fraction of sp³-hybridized carbons (Fsp3) is 0.375. The third-order valence-electron chi connectivity index (χ3n) is 8.44. The molecule has 0 radical (unpaired) electrons. The first kappa shape index (κ1) is 33.5. The molecule has 2 aliphatic rings. The summed E-state index contributed by atoms with van der Waals surface area (Å²) in [6.45, 7) is 3.06. The van der Waals surface area contributed by atoms with Crippen LogP contribution in [0.25, 0.3) is 0 Å². The quantitative estimate of drug-likeness (QED) is 0.374. The minimum Gasteiger partial charge on any atom is -0.467 e. The van der Waals surface area contributed by atoms with Crippen molar-refractivity contribution in [2.24, 2.45) is 0 Å². The molecule has 5 rings (SSSR count). The Labute approximate surface area is 265 Å². The van der Waals surface area contributed by atoms with Crippen molar-refractivity contribution in [2.75, 3.05) is 26.2 Å². The van der Waals surface area contributed by atoms with Crippen molar-refractivity contribution in [3.05, 3.63) is 94.4 Å². The summed E-state index contributed by atoms with van der Waals surface area (Å²) in [6, 6.07) is 6.58. The second-order valence-electron chi connectivity index (χ2n) is 11.4. The number of piperazine rings is 1. The Morgan fingerprint density at radius 1 is 0.894 bits per heavy atom. The molecule has 15 heteroatoms. The molecule has 0 aliphatic carbocycles. The summed E-state index contributed by atoms with van der Waals surface area (Å²) >= 11 is 0. The van der Waals surface area contributed by atoms with Crippen molar-refractivity contribution >= 4 is 23.6 Å². The van der Waals surface area contributed by atoms with Crippen molar-refractivity contribution in [1.29, 1.82) is 0 Å². The average Bonchev–Trinajstić information content (AvgIpc) is 3.56. The summed E-state index contributed by atoms with van der Waals surface area (Å²) in [5.41, 5.74) is -3.87. The monoisotopic (exact) mass is 664 g/mol. The molecule has 1 N–H and O–H groups in total. The van der Waals surface area contributed by atoms with Gasteiger partial charge in [0.2, 0.25) is 17.7 Å². The minimum absolute atomic E-state index is 0.0361. The molecule has 1 aromatic heterocycles. The highest BCUT2D eigenvalue weighted by Gasteiger charge is 2.49. The maximum Gasteiger partial charge on any atom is 0.416 e. The maximum atomic E-state index is 14.2. The van der Waals surface area contributed by atoms with Crippen LogP contribution in [0.3, 0.4) is 0 Å². The van der Waals surface area contributed by atoms with Gasteiger partial charge in [-0.05, 0) is 54.4 Å². The number of benzene rings is 2. The summed E-state index contributed by atoms with van der Waals surface area (Å²) in [5.74, 6) is -3.75. The zero-order valence-electron chi connectivity index (χ0n) is 25.2. The van der Waals surface area contributed by atoms with E-state index >= 15 is 0 Å². The van der Waals surface area contributed by atoms with Gasteiger partial charge in [0.05, 0.1) is 35.9 Å². The number of rotatable bonds is 6. The zero-order chi connectivity index (χ0) is 34.3. The van der Waals surface area contributed by atoms with E-state index in [1.165, 1.54) is 54.2 Å². The lowest BCUT2D eigenvalue weighted by Crippen LogP contribution is -2.58. The topological polar surface area (TPSA) is 103 Å². The molecular formula is C32H30F6N4O5. The van der Waals surface area contributed by atoms with E-state index in [9.17, 15) is 45.5 Å². The Morgan fingerprint density at radius 3 is 2.04 bits per heavy atom. The Hall–Kier alpha value is -4.82. The van der Waals surface area contributed by atoms with E-state index in [4.69, 9.17) is 4.42 Å². The van der Waals surface area contributed by atoms with E-state index in [0.717, 1.165) is 4.90 Å². The van der Waals surface area contributed by atoms with Crippen LogP contribution in [0, 0.1) is 0 Å². The van der Waals surface area contributed by atoms with Gasteiger partial charge in [-0.2, -0.15) is 26.3 Å². The molecule has 9 nitrogen and oxygen atoms in total. The van der Waals surface area contributed by atoms with Crippen LogP contribution in [0.2, 0.25) is 0 Å². The van der Waals surface area contributed by atoms with Crippen molar-refractivity contribution < 1.29 is 49.9 Å². The van der Waals surface area contributed by atoms with E-state index in [1.807, 2.05) is 0 Å². The molecule has 1 fully saturated rings. The lowest BCUT2D eigenvalue weighted by molar-refractivity contribution is -0.144. The van der Waals surface area contributed by atoms with Gasteiger partial charge < -0.3 is 24.4 Å². The number of furan rings is 1. The highest BCUT2D eigenvalue weighted by molar-refractivity contribution is 6.03. The van der Waals surface area contributed by atoms with Crippen LogP contribution < -0.4 is 5.32 Å². The van der Waals surface area contributed by atoms with E-state index < -0.39 is 64.8 Å². The van der Waals surface area contributed by atoms with E-state index in [0.29, 0.717) is 17.9 Å². The predicted molar refractivity (Wildman–Crippen MR) is 153 cm³/mol. The molecule has 2 aromatic carbocycles. The number of nitrogens with zero attached hydrogens (tertiary/aromatic N) is 3. The number of halogens is 6. The summed E-state index contributed by atoms with van der Waals surface area (Å²) in [7, 11) is 0. The number of nitrogens with one attached hydrogen (secondary N) is 1. The van der Waals surface area contributed by atoms with E-state index in [1.54, 1.807) is 12.1 Å². The second-order valence-corrected chi connectivity index (χ2v) is 11.4. The number of hydrogen-bond donors (Lipinski definition) is 1. The molecule has 2 aliphatic heterocycles. The van der Waals surface area contributed by atoms with Crippen molar-refractivity contribution in [1.82, 2.24) is 20.0 Å². The van der Waals surface area contributed by atoms with Crippen molar-refractivity contribution in [3.63, 3.8) is 0 Å². The van der Waals surface area contributed by atoms with Crippen LogP contribution >= 0.6 is 0 Å². The van der Waals surface area contributed by atoms with Crippen LogP contribution in [-0.4, -0.2) is 70.5 Å². The smallest absolute Gasteiger partial charge is 0.416 e. The lowest BCUT2D eigenvalue weighted by Gasteiger charge is -2.46. The molecule has 47 heavy (non-hydrogen) atoms. The molecule has 1 saturated heterocycles. The van der Waals surface area contributed by atoms with Gasteiger partial charge in [0.15, 0.2) is 0 Å². The highest BCUT2D eigenvalue weighted by atomic mass is 19.4. The Balaban J connectivity index is 1.66. The minimum atomic E-state index is -5.22. The molecular weight excluding hydrogens is 634 g/mol. The molecule has 3 atom stereocenters. The molecule has 250 valence electrons. The van der Waals surface area contributed by atoms with Gasteiger partial charge >= 0.3 is 12.4 Å². The maximum absolute atomic E-state index is 14.2. The van der Waals surface area contributed by atoms with Gasteiger partial charge in [0.1, 0.15) is 11.8 Å². The van der Waals surface area contributed by atoms with Gasteiger partial charge in [-0.1, -0.05) is 18.2 Å². The summed E-state index contributed by atoms with van der Waals surface area (Å²) in [6.07, 6.45) is -9.08. The average molecular weight is 665 g/mol. The Kier molecular flexibility index (Phi) is 9.11. The van der Waals surface area contributed by atoms with E-state index in [-0.39, 0.29) is 55.8 Å². The summed E-state index contributed by atoms with van der Waals surface area (Å²) < 4.78 is 89.5. The van der Waals surface area contributed by atoms with Gasteiger partial charge in [-0.15, -0.1) is 0 Å². The fourth-order valence-electron chi connectivity index (χ4n) is 6.09. The highest BCUT2D eigenvalue weighted by Crippen LogP contribution is 2.47. The van der Waals surface area contributed by atoms with Crippen LogP contribution in [-0.2, 0) is 33.3 Å². The summed E-state index contributed by atoms with van der Waals surface area (Å²) in [4.78, 5) is 57.6. The molecule has 3 heterocycles. The number of amides is 4. The zero-order valence-corrected chi connectivity index (χ0v) is 25.2. The number of alkyl halides is 6. The van der Waals surface area contributed by atoms with Gasteiger partial charge in [-0.25, -0.2) is 0 Å². The van der Waals surface area contributed by atoms with Crippen LogP contribution in [0.15, 0.2) is 65.3 Å². The number of carbonyl (C=O) groups is 4. The third kappa shape index (κ3) is 6.83. The number of fused-ring (bicyclic) bond motifs is 1. The first-order chi connectivity index (χ1) is 22.1. The second kappa shape index (κ2) is 12.8. The number of hydrogen-bond acceptors (Lipinski definition) is 5. The SMILES string of the molecule is CC(=O)N1CCN(C(=O)C(C)N2C(=O)c3ccccc3C(C(=O)NCc3ccco3)C2c2cc(C(F)(F)F)cc(C(F)(F)F)c2)CC1. The van der Waals surface area contributed by atoms with E-state index in [2.05, 4.69) is 5.32 Å². The largest absolute Gasteiger partial charge is 0.467 e. The molecule has 3 aromatic rings. The van der Waals surface area contributed by atoms with Crippen LogP contribution in [0.5, 0.6) is 0 Å². The van der Waals surface area contributed by atoms with Crippen LogP contribution in [0.4, 0.5) is 26.3 Å². The number of carbonyl (C=O) groups excluding carboxylic acids is 4. The van der Waals surface area contributed by atoms with Crippen LogP contribution in [0.1, 0.15) is 64.2 Å². The molecule has 0 spiro atoms. The Bertz CT molecular complexity index is 1630.